The van der Waals surface area contributed by atoms with Gasteiger partial charge in [-0.1, -0.05) is 36.4 Å². The maximum absolute atomic E-state index is 13.8. The molecule has 2 aromatic carbocycles. The predicted octanol–water partition coefficient (Wildman–Crippen LogP) is 3.64. The first-order chi connectivity index (χ1) is 10.3. The molecule has 21 heavy (non-hydrogen) atoms. The smallest absolute Gasteiger partial charge is 0.137 e. The first-order valence-electron chi connectivity index (χ1n) is 7.11. The topological polar surface area (TPSA) is 32.3 Å². The molecular weight excluding hydrogens is 285 g/mol. The number of fused-ring (bicyclic) bond motifs is 1. The van der Waals surface area contributed by atoms with E-state index >= 15 is 0 Å². The quantitative estimate of drug-likeness (QED) is 0.904. The van der Waals surface area contributed by atoms with Crippen molar-refractivity contribution in [3.05, 3.63) is 65.0 Å². The van der Waals surface area contributed by atoms with E-state index in [2.05, 4.69) is 5.32 Å². The van der Waals surface area contributed by atoms with Crippen molar-refractivity contribution in [2.45, 2.75) is 30.5 Å². The Balaban J connectivity index is 1.73. The van der Waals surface area contributed by atoms with Crippen LogP contribution in [0.25, 0.3) is 0 Å². The molecule has 1 unspecified atom stereocenters. The van der Waals surface area contributed by atoms with Gasteiger partial charge in [-0.3, -0.25) is 0 Å². The minimum absolute atomic E-state index is 0.0575. The second kappa shape index (κ2) is 6.60. The Morgan fingerprint density at radius 1 is 1.19 bits per heavy atom. The van der Waals surface area contributed by atoms with E-state index in [0.29, 0.717) is 0 Å². The highest BCUT2D eigenvalue weighted by molar-refractivity contribution is 7.99. The lowest BCUT2D eigenvalue weighted by molar-refractivity contribution is 0.281. The summed E-state index contributed by atoms with van der Waals surface area (Å²) in [6.45, 7) is 0.779. The Labute approximate surface area is 128 Å². The lowest BCUT2D eigenvalue weighted by atomic mass is 10.0. The first kappa shape index (κ1) is 14.6. The van der Waals surface area contributed by atoms with Gasteiger partial charge in [0.1, 0.15) is 5.82 Å². The van der Waals surface area contributed by atoms with Crippen molar-refractivity contribution in [3.8, 4) is 0 Å². The predicted molar refractivity (Wildman–Crippen MR) is 83.7 cm³/mol. The van der Waals surface area contributed by atoms with Crippen LogP contribution < -0.4 is 5.32 Å². The molecule has 0 aliphatic carbocycles. The average molecular weight is 303 g/mol. The van der Waals surface area contributed by atoms with Crippen molar-refractivity contribution in [1.82, 2.24) is 5.32 Å². The fourth-order valence-electron chi connectivity index (χ4n) is 2.68. The van der Waals surface area contributed by atoms with Gasteiger partial charge < -0.3 is 10.4 Å². The standard InChI is InChI=1S/C17H18FNOS/c18-15-6-2-5-14-16(7-8-21-17(14)15)19-10-12-3-1-4-13(9-12)11-20/h1-6,9,16,19-20H,7-8,10-11H2. The fraction of sp³-hybridized carbons (Fsp3) is 0.294. The highest BCUT2D eigenvalue weighted by Crippen LogP contribution is 2.37. The number of hydrogen-bond acceptors (Lipinski definition) is 3. The van der Waals surface area contributed by atoms with Crippen LogP contribution in [-0.2, 0) is 13.2 Å². The monoisotopic (exact) mass is 303 g/mol. The largest absolute Gasteiger partial charge is 0.392 e. The van der Waals surface area contributed by atoms with E-state index in [1.54, 1.807) is 17.8 Å². The molecule has 110 valence electrons. The summed E-state index contributed by atoms with van der Waals surface area (Å²) in [6, 6.07) is 13.4. The van der Waals surface area contributed by atoms with Gasteiger partial charge >= 0.3 is 0 Å². The number of thioether (sulfide) groups is 1. The molecule has 1 aliphatic heterocycles. The Morgan fingerprint density at radius 3 is 2.86 bits per heavy atom. The maximum Gasteiger partial charge on any atom is 0.137 e. The molecule has 2 N–H and O–H groups in total. The minimum Gasteiger partial charge on any atom is -0.392 e. The van der Waals surface area contributed by atoms with Crippen molar-refractivity contribution in [3.63, 3.8) is 0 Å². The Morgan fingerprint density at radius 2 is 2.00 bits per heavy atom. The molecule has 0 radical (unpaired) electrons. The molecule has 0 fully saturated rings. The highest BCUT2D eigenvalue weighted by atomic mass is 32.2. The molecule has 0 spiro atoms. The van der Waals surface area contributed by atoms with Gasteiger partial charge in [-0.25, -0.2) is 4.39 Å². The van der Waals surface area contributed by atoms with Crippen LogP contribution in [-0.4, -0.2) is 10.9 Å². The van der Waals surface area contributed by atoms with E-state index in [9.17, 15) is 9.50 Å². The summed E-state index contributed by atoms with van der Waals surface area (Å²) in [6.07, 6.45) is 1.00. The van der Waals surface area contributed by atoms with Crippen LogP contribution in [0.15, 0.2) is 47.4 Å². The molecule has 2 nitrogen and oxygen atoms in total. The zero-order valence-electron chi connectivity index (χ0n) is 11.7. The summed E-state index contributed by atoms with van der Waals surface area (Å²) < 4.78 is 13.8. The summed E-state index contributed by atoms with van der Waals surface area (Å²) in [5.74, 6) is 0.814. The van der Waals surface area contributed by atoms with Crippen molar-refractivity contribution in [2.24, 2.45) is 0 Å². The van der Waals surface area contributed by atoms with E-state index < -0.39 is 0 Å². The number of hydrogen-bond donors (Lipinski definition) is 2. The van der Waals surface area contributed by atoms with Crippen LogP contribution in [0.1, 0.15) is 29.2 Å². The normalized spacial score (nSPS) is 17.5. The second-order valence-electron chi connectivity index (χ2n) is 5.21. The molecule has 2 aromatic rings. The van der Waals surface area contributed by atoms with Crippen LogP contribution in [0.5, 0.6) is 0 Å². The van der Waals surface area contributed by atoms with Gasteiger partial charge in [0.25, 0.3) is 0 Å². The van der Waals surface area contributed by atoms with E-state index in [1.165, 1.54) is 6.07 Å². The van der Waals surface area contributed by atoms with Gasteiger partial charge in [0.15, 0.2) is 0 Å². The number of halogens is 1. The molecule has 1 aliphatic rings. The molecule has 0 saturated carbocycles. The SMILES string of the molecule is OCc1cccc(CNC2CCSc3c(F)cccc32)c1. The van der Waals surface area contributed by atoms with Crippen molar-refractivity contribution in [1.29, 1.82) is 0 Å². The zero-order chi connectivity index (χ0) is 14.7. The summed E-state index contributed by atoms with van der Waals surface area (Å²) in [4.78, 5) is 0.783. The number of aliphatic hydroxyl groups is 1. The third-order valence-electron chi connectivity index (χ3n) is 3.75. The maximum atomic E-state index is 13.8. The van der Waals surface area contributed by atoms with Crippen LogP contribution in [0.4, 0.5) is 4.39 Å². The molecular formula is C17H18FNOS. The molecule has 0 aromatic heterocycles. The molecule has 0 bridgehead atoms. The minimum atomic E-state index is -0.119. The Hall–Kier alpha value is -1.36. The van der Waals surface area contributed by atoms with Crippen LogP contribution >= 0.6 is 11.8 Å². The number of rotatable bonds is 4. The van der Waals surface area contributed by atoms with Crippen molar-refractivity contribution in [2.75, 3.05) is 5.75 Å². The van der Waals surface area contributed by atoms with Crippen molar-refractivity contribution < 1.29 is 9.50 Å². The fourth-order valence-corrected chi connectivity index (χ4v) is 3.82. The Bertz CT molecular complexity index is 632. The van der Waals surface area contributed by atoms with Gasteiger partial charge in [-0.15, -0.1) is 11.8 Å². The molecule has 0 saturated heterocycles. The van der Waals surface area contributed by atoms with Crippen LogP contribution in [0.2, 0.25) is 0 Å². The van der Waals surface area contributed by atoms with Gasteiger partial charge in [-0.05, 0) is 34.9 Å². The first-order valence-corrected chi connectivity index (χ1v) is 8.10. The summed E-state index contributed by atoms with van der Waals surface area (Å²) >= 11 is 1.60. The van der Waals surface area contributed by atoms with E-state index in [0.717, 1.165) is 40.3 Å². The van der Waals surface area contributed by atoms with Crippen molar-refractivity contribution >= 4 is 11.8 Å². The van der Waals surface area contributed by atoms with Gasteiger partial charge in [0.05, 0.1) is 6.61 Å². The summed E-state index contributed by atoms with van der Waals surface area (Å²) in [5, 5.41) is 12.7. The van der Waals surface area contributed by atoms with Crippen LogP contribution in [0, 0.1) is 5.82 Å². The molecule has 4 heteroatoms. The highest BCUT2D eigenvalue weighted by Gasteiger charge is 2.22. The Kier molecular flexibility index (Phi) is 4.58. The average Bonchev–Trinajstić information content (AvgIpc) is 2.53. The van der Waals surface area contributed by atoms with Gasteiger partial charge in [-0.2, -0.15) is 0 Å². The molecule has 1 atom stereocenters. The van der Waals surface area contributed by atoms with Crippen LogP contribution in [0.3, 0.4) is 0 Å². The number of aliphatic hydroxyl groups excluding tert-OH is 1. The molecule has 3 rings (SSSR count). The van der Waals surface area contributed by atoms with Gasteiger partial charge in [0.2, 0.25) is 0 Å². The third kappa shape index (κ3) is 3.28. The van der Waals surface area contributed by atoms with E-state index in [4.69, 9.17) is 0 Å². The lowest BCUT2D eigenvalue weighted by Gasteiger charge is -2.26. The second-order valence-corrected chi connectivity index (χ2v) is 6.31. The van der Waals surface area contributed by atoms with E-state index in [1.807, 2.05) is 30.3 Å². The molecule has 0 amide bonds. The number of nitrogens with one attached hydrogen (secondary N) is 1. The zero-order valence-corrected chi connectivity index (χ0v) is 12.5. The number of benzene rings is 2. The van der Waals surface area contributed by atoms with Gasteiger partial charge in [0, 0.05) is 17.5 Å². The summed E-state index contributed by atoms with van der Waals surface area (Å²) in [5.41, 5.74) is 3.11. The molecule has 1 heterocycles. The lowest BCUT2D eigenvalue weighted by Crippen LogP contribution is -2.24. The van der Waals surface area contributed by atoms with E-state index in [-0.39, 0.29) is 18.5 Å². The third-order valence-corrected chi connectivity index (χ3v) is 4.91. The summed E-state index contributed by atoms with van der Waals surface area (Å²) in [7, 11) is 0.